The van der Waals surface area contributed by atoms with E-state index in [4.69, 9.17) is 9.47 Å². The molecule has 1 heterocycles. The van der Waals surface area contributed by atoms with Crippen molar-refractivity contribution in [2.45, 2.75) is 51.2 Å². The molecule has 1 aromatic carbocycles. The lowest BCUT2D eigenvalue weighted by Gasteiger charge is -2.30. The number of urea groups is 1. The Morgan fingerprint density at radius 1 is 1.23 bits per heavy atom. The summed E-state index contributed by atoms with van der Waals surface area (Å²) in [5.74, 6) is -0.171. The highest BCUT2D eigenvalue weighted by molar-refractivity contribution is 5.95. The molecule has 3 N–H and O–H groups in total. The molecule has 3 rings (SSSR count). The van der Waals surface area contributed by atoms with Crippen LogP contribution in [0.15, 0.2) is 29.5 Å². The first-order chi connectivity index (χ1) is 12.5. The maximum Gasteiger partial charge on any atom is 0.338 e. The van der Waals surface area contributed by atoms with Gasteiger partial charge in [-0.25, -0.2) is 9.59 Å². The predicted octanol–water partition coefficient (Wildman–Crippen LogP) is 2.90. The molecule has 7 heteroatoms. The van der Waals surface area contributed by atoms with Crippen LogP contribution in [0.5, 0.6) is 11.5 Å². The van der Waals surface area contributed by atoms with Gasteiger partial charge in [-0.1, -0.05) is 12.5 Å². The van der Waals surface area contributed by atoms with Gasteiger partial charge in [0.15, 0.2) is 11.5 Å². The number of amides is 2. The SMILES string of the molecule is COc1cc(C2NC(=O)NC(C)=C2C(=O)OC2CCCCC2)ccc1O. The zero-order valence-corrected chi connectivity index (χ0v) is 15.0. The summed E-state index contributed by atoms with van der Waals surface area (Å²) in [6.07, 6.45) is 4.95. The van der Waals surface area contributed by atoms with Crippen molar-refractivity contribution in [2.75, 3.05) is 7.11 Å². The largest absolute Gasteiger partial charge is 0.504 e. The van der Waals surface area contributed by atoms with Crippen LogP contribution in [0.3, 0.4) is 0 Å². The molecule has 7 nitrogen and oxygen atoms in total. The van der Waals surface area contributed by atoms with Crippen LogP contribution in [0.1, 0.15) is 50.6 Å². The normalized spacial score (nSPS) is 21.0. The molecule has 0 radical (unpaired) electrons. The predicted molar refractivity (Wildman–Crippen MR) is 94.7 cm³/mol. The minimum absolute atomic E-state index is 0.0106. The molecule has 0 bridgehead atoms. The number of methoxy groups -OCH3 is 1. The Bertz CT molecular complexity index is 737. The summed E-state index contributed by atoms with van der Waals surface area (Å²) >= 11 is 0. The monoisotopic (exact) mass is 360 g/mol. The highest BCUT2D eigenvalue weighted by Gasteiger charge is 2.34. The average molecular weight is 360 g/mol. The summed E-state index contributed by atoms with van der Waals surface area (Å²) in [4.78, 5) is 24.8. The number of rotatable bonds is 4. The van der Waals surface area contributed by atoms with E-state index < -0.39 is 18.0 Å². The fourth-order valence-electron chi connectivity index (χ4n) is 3.49. The van der Waals surface area contributed by atoms with Crippen LogP contribution in [0.2, 0.25) is 0 Å². The van der Waals surface area contributed by atoms with Gasteiger partial charge in [-0.2, -0.15) is 0 Å². The van der Waals surface area contributed by atoms with E-state index in [2.05, 4.69) is 10.6 Å². The van der Waals surface area contributed by atoms with E-state index in [1.54, 1.807) is 19.1 Å². The first kappa shape index (κ1) is 18.1. The average Bonchev–Trinajstić information content (AvgIpc) is 2.62. The van der Waals surface area contributed by atoms with Crippen molar-refractivity contribution >= 4 is 12.0 Å². The Balaban J connectivity index is 1.90. The van der Waals surface area contributed by atoms with Crippen LogP contribution in [0.25, 0.3) is 0 Å². The van der Waals surface area contributed by atoms with Crippen molar-refractivity contribution in [3.63, 3.8) is 0 Å². The molecule has 1 aromatic rings. The Morgan fingerprint density at radius 2 is 1.96 bits per heavy atom. The third-order valence-corrected chi connectivity index (χ3v) is 4.85. The quantitative estimate of drug-likeness (QED) is 0.718. The van der Waals surface area contributed by atoms with Gasteiger partial charge in [0.25, 0.3) is 0 Å². The van der Waals surface area contributed by atoms with Crippen molar-refractivity contribution in [3.05, 3.63) is 35.0 Å². The Kier molecular flexibility index (Phi) is 5.35. The van der Waals surface area contributed by atoms with E-state index in [1.807, 2.05) is 0 Å². The fraction of sp³-hybridized carbons (Fsp3) is 0.474. The molecule has 26 heavy (non-hydrogen) atoms. The summed E-state index contributed by atoms with van der Waals surface area (Å²) in [7, 11) is 1.44. The topological polar surface area (TPSA) is 96.9 Å². The van der Waals surface area contributed by atoms with Crippen LogP contribution < -0.4 is 15.4 Å². The van der Waals surface area contributed by atoms with Gasteiger partial charge in [0.1, 0.15) is 6.10 Å². The number of aromatic hydroxyl groups is 1. The second kappa shape index (κ2) is 7.68. The number of ether oxygens (including phenoxy) is 2. The van der Waals surface area contributed by atoms with Crippen molar-refractivity contribution < 1.29 is 24.2 Å². The summed E-state index contributed by atoms with van der Waals surface area (Å²) in [5, 5.41) is 15.2. The standard InChI is InChI=1S/C19H24N2O5/c1-11-16(18(23)26-13-6-4-3-5-7-13)17(21-19(24)20-11)12-8-9-14(22)15(10-12)25-2/h8-10,13,17,22H,3-7H2,1-2H3,(H2,20,21,24). The molecule has 1 aliphatic heterocycles. The zero-order chi connectivity index (χ0) is 18.7. The van der Waals surface area contributed by atoms with Crippen molar-refractivity contribution in [1.29, 1.82) is 0 Å². The van der Waals surface area contributed by atoms with Gasteiger partial charge in [0, 0.05) is 5.70 Å². The third-order valence-electron chi connectivity index (χ3n) is 4.85. The number of esters is 1. The molecule has 1 fully saturated rings. The number of phenolic OH excluding ortho intramolecular Hbond substituents is 1. The molecule has 0 spiro atoms. The summed E-state index contributed by atoms with van der Waals surface area (Å²) in [6.45, 7) is 1.68. The number of allylic oxidation sites excluding steroid dienone is 1. The molecule has 1 aliphatic carbocycles. The number of hydrogen-bond donors (Lipinski definition) is 3. The summed E-state index contributed by atoms with van der Waals surface area (Å²) < 4.78 is 10.8. The van der Waals surface area contributed by atoms with Gasteiger partial charge >= 0.3 is 12.0 Å². The Morgan fingerprint density at radius 3 is 2.65 bits per heavy atom. The van der Waals surface area contributed by atoms with Gasteiger partial charge in [0.05, 0.1) is 18.7 Å². The zero-order valence-electron chi connectivity index (χ0n) is 15.0. The minimum atomic E-state index is -0.672. The van der Waals surface area contributed by atoms with E-state index in [9.17, 15) is 14.7 Å². The van der Waals surface area contributed by atoms with Crippen LogP contribution in [0.4, 0.5) is 4.79 Å². The number of nitrogens with one attached hydrogen (secondary N) is 2. The molecule has 1 atom stereocenters. The second-order valence-corrected chi connectivity index (χ2v) is 6.67. The number of carbonyl (C=O) groups is 2. The van der Waals surface area contributed by atoms with Crippen LogP contribution in [-0.4, -0.2) is 30.3 Å². The maximum absolute atomic E-state index is 12.8. The molecular formula is C19H24N2O5. The lowest BCUT2D eigenvalue weighted by molar-refractivity contribution is -0.146. The van der Waals surface area contributed by atoms with Crippen molar-refractivity contribution in [3.8, 4) is 11.5 Å². The van der Waals surface area contributed by atoms with Crippen LogP contribution in [0, 0.1) is 0 Å². The van der Waals surface area contributed by atoms with E-state index >= 15 is 0 Å². The van der Waals surface area contributed by atoms with Gasteiger partial charge in [0.2, 0.25) is 0 Å². The van der Waals surface area contributed by atoms with Crippen LogP contribution in [-0.2, 0) is 9.53 Å². The lowest BCUT2D eigenvalue weighted by Crippen LogP contribution is -2.45. The second-order valence-electron chi connectivity index (χ2n) is 6.67. The fourth-order valence-corrected chi connectivity index (χ4v) is 3.49. The minimum Gasteiger partial charge on any atom is -0.504 e. The molecule has 0 aromatic heterocycles. The van der Waals surface area contributed by atoms with Gasteiger partial charge < -0.3 is 25.2 Å². The Labute approximate surface area is 152 Å². The highest BCUT2D eigenvalue weighted by atomic mass is 16.5. The molecule has 1 unspecified atom stereocenters. The molecule has 1 saturated carbocycles. The van der Waals surface area contributed by atoms with E-state index in [1.165, 1.54) is 19.6 Å². The smallest absolute Gasteiger partial charge is 0.338 e. The Hall–Kier alpha value is -2.70. The molecular weight excluding hydrogens is 336 g/mol. The van der Waals surface area contributed by atoms with Crippen molar-refractivity contribution in [2.24, 2.45) is 0 Å². The lowest BCUT2D eigenvalue weighted by atomic mass is 9.94. The van der Waals surface area contributed by atoms with Gasteiger partial charge in [-0.15, -0.1) is 0 Å². The van der Waals surface area contributed by atoms with E-state index in [0.717, 1.165) is 25.7 Å². The van der Waals surface area contributed by atoms with E-state index in [-0.39, 0.29) is 17.6 Å². The summed E-state index contributed by atoms with van der Waals surface area (Å²) in [5.41, 5.74) is 1.46. The van der Waals surface area contributed by atoms with E-state index in [0.29, 0.717) is 16.8 Å². The highest BCUT2D eigenvalue weighted by Crippen LogP contribution is 2.34. The molecule has 2 aliphatic rings. The van der Waals surface area contributed by atoms with Crippen molar-refractivity contribution in [1.82, 2.24) is 10.6 Å². The number of carbonyl (C=O) groups excluding carboxylic acids is 2. The number of benzene rings is 1. The van der Waals surface area contributed by atoms with Gasteiger partial charge in [-0.3, -0.25) is 0 Å². The molecule has 2 amide bonds. The first-order valence-electron chi connectivity index (χ1n) is 8.85. The number of hydrogen-bond acceptors (Lipinski definition) is 5. The summed E-state index contributed by atoms with van der Waals surface area (Å²) in [6, 6.07) is 3.66. The maximum atomic E-state index is 12.8. The number of phenols is 1. The molecule has 0 saturated heterocycles. The first-order valence-corrected chi connectivity index (χ1v) is 8.85. The molecule has 140 valence electrons. The van der Waals surface area contributed by atoms with Crippen LogP contribution >= 0.6 is 0 Å². The third kappa shape index (κ3) is 3.76. The van der Waals surface area contributed by atoms with Gasteiger partial charge in [-0.05, 0) is 50.3 Å².